The Kier molecular flexibility index (Phi) is 4.46. The number of nitrogens with one attached hydrogen (secondary N) is 1. The van der Waals surface area contributed by atoms with E-state index in [0.29, 0.717) is 24.3 Å². The topological polar surface area (TPSA) is 73.3 Å². The van der Waals surface area contributed by atoms with E-state index in [2.05, 4.69) is 31.4 Å². The van der Waals surface area contributed by atoms with Crippen LogP contribution in [-0.4, -0.2) is 29.8 Å². The lowest BCUT2D eigenvalue weighted by atomic mass is 10.0. The van der Waals surface area contributed by atoms with E-state index >= 15 is 0 Å². The number of ether oxygens (including phenoxy) is 2. The highest BCUT2D eigenvalue weighted by Gasteiger charge is 2.26. The Bertz CT molecular complexity index is 993. The summed E-state index contributed by atoms with van der Waals surface area (Å²) in [6.07, 6.45) is 0.692. The van der Waals surface area contributed by atoms with Crippen molar-refractivity contribution in [3.05, 3.63) is 58.2 Å². The number of halogens is 1. The number of amides is 1. The van der Waals surface area contributed by atoms with Crippen LogP contribution in [0.2, 0.25) is 0 Å². The van der Waals surface area contributed by atoms with Gasteiger partial charge in [0.15, 0.2) is 11.4 Å². The average Bonchev–Trinajstić information content (AvgIpc) is 2.67. The molecule has 2 aromatic carbocycles. The molecule has 2 heterocycles. The van der Waals surface area contributed by atoms with Gasteiger partial charge < -0.3 is 14.8 Å². The molecule has 1 aliphatic rings. The molecular formula is C19H16BrN3O3. The molecule has 1 atom stereocenters. The fraction of sp³-hybridized carbons (Fsp3) is 0.211. The molecule has 0 saturated carbocycles. The number of rotatable bonds is 3. The summed E-state index contributed by atoms with van der Waals surface area (Å²) in [6.45, 7) is 0.551. The van der Waals surface area contributed by atoms with E-state index < -0.39 is 0 Å². The number of benzene rings is 2. The zero-order chi connectivity index (χ0) is 18.1. The smallest absolute Gasteiger partial charge is 0.276 e. The molecule has 0 bridgehead atoms. The van der Waals surface area contributed by atoms with E-state index in [1.54, 1.807) is 0 Å². The molecule has 0 radical (unpaired) electrons. The normalized spacial score (nSPS) is 15.8. The second-order valence-corrected chi connectivity index (χ2v) is 6.77. The van der Waals surface area contributed by atoms with Gasteiger partial charge in [0, 0.05) is 21.8 Å². The van der Waals surface area contributed by atoms with Gasteiger partial charge >= 0.3 is 0 Å². The Balaban J connectivity index is 1.69. The molecule has 4 rings (SSSR count). The van der Waals surface area contributed by atoms with Gasteiger partial charge in [-0.05, 0) is 34.1 Å². The van der Waals surface area contributed by atoms with Gasteiger partial charge in [-0.1, -0.05) is 24.3 Å². The first-order chi connectivity index (χ1) is 12.7. The molecule has 26 heavy (non-hydrogen) atoms. The summed E-state index contributed by atoms with van der Waals surface area (Å²) in [5.74, 6) is 0.886. The van der Waals surface area contributed by atoms with Crippen molar-refractivity contribution < 1.29 is 14.3 Å². The fourth-order valence-corrected chi connectivity index (χ4v) is 3.59. The predicted molar refractivity (Wildman–Crippen MR) is 101 cm³/mol. The monoisotopic (exact) mass is 413 g/mol. The van der Waals surface area contributed by atoms with Gasteiger partial charge in [0.1, 0.15) is 11.3 Å². The van der Waals surface area contributed by atoms with Crippen LogP contribution >= 0.6 is 15.9 Å². The number of carbonyl (C=O) groups excluding carboxylic acids is 1. The Morgan fingerprint density at radius 3 is 2.92 bits per heavy atom. The molecule has 0 aliphatic carbocycles. The van der Waals surface area contributed by atoms with E-state index in [-0.39, 0.29) is 17.6 Å². The molecule has 1 aliphatic heterocycles. The first kappa shape index (κ1) is 16.8. The van der Waals surface area contributed by atoms with Gasteiger partial charge in [0.2, 0.25) is 0 Å². The molecular weight excluding hydrogens is 398 g/mol. The molecule has 3 aromatic rings. The fourth-order valence-electron chi connectivity index (χ4n) is 3.15. The molecule has 7 heteroatoms. The van der Waals surface area contributed by atoms with Crippen LogP contribution in [-0.2, 0) is 0 Å². The van der Waals surface area contributed by atoms with Crippen molar-refractivity contribution in [3.8, 4) is 11.5 Å². The maximum Gasteiger partial charge on any atom is 0.276 e. The standard InChI is InChI=1S/C19H16BrN3O3/c1-25-18-12-6-4-7-13(20)16(12)22-23-17(18)19(24)21-14-9-10-26-15-8-3-2-5-11(14)15/h2-8,14H,9-10H2,1H3,(H,21,24)/t14-/m0/s1. The quantitative estimate of drug-likeness (QED) is 0.709. The van der Waals surface area contributed by atoms with Crippen molar-refractivity contribution in [1.82, 2.24) is 15.5 Å². The van der Waals surface area contributed by atoms with E-state index in [1.807, 2.05) is 42.5 Å². The second-order valence-electron chi connectivity index (χ2n) is 5.92. The summed E-state index contributed by atoms with van der Waals surface area (Å²) in [5.41, 5.74) is 1.78. The zero-order valence-corrected chi connectivity index (χ0v) is 15.6. The summed E-state index contributed by atoms with van der Waals surface area (Å²) >= 11 is 3.45. The Morgan fingerprint density at radius 1 is 1.23 bits per heavy atom. The van der Waals surface area contributed by atoms with Crippen LogP contribution in [0.5, 0.6) is 11.5 Å². The van der Waals surface area contributed by atoms with Crippen molar-refractivity contribution in [2.45, 2.75) is 12.5 Å². The lowest BCUT2D eigenvalue weighted by molar-refractivity contribution is 0.0915. The third-order valence-electron chi connectivity index (χ3n) is 4.38. The summed E-state index contributed by atoms with van der Waals surface area (Å²) in [7, 11) is 1.53. The molecule has 0 saturated heterocycles. The van der Waals surface area contributed by atoms with Gasteiger partial charge in [-0.3, -0.25) is 4.79 Å². The van der Waals surface area contributed by atoms with Gasteiger partial charge in [0.05, 0.1) is 19.8 Å². The molecule has 1 aromatic heterocycles. The Labute approximate surface area is 158 Å². The van der Waals surface area contributed by atoms with Crippen LogP contribution < -0.4 is 14.8 Å². The van der Waals surface area contributed by atoms with Gasteiger partial charge in [0.25, 0.3) is 5.91 Å². The lowest BCUT2D eigenvalue weighted by Crippen LogP contribution is -2.33. The molecule has 132 valence electrons. The Morgan fingerprint density at radius 2 is 2.08 bits per heavy atom. The number of para-hydroxylation sites is 1. The largest absolute Gasteiger partial charge is 0.493 e. The van der Waals surface area contributed by atoms with Crippen LogP contribution in [0, 0.1) is 0 Å². The molecule has 0 fully saturated rings. The maximum atomic E-state index is 12.9. The molecule has 1 amide bonds. The number of aromatic nitrogens is 2. The van der Waals surface area contributed by atoms with Crippen LogP contribution in [0.3, 0.4) is 0 Å². The Hall–Kier alpha value is -2.67. The van der Waals surface area contributed by atoms with E-state index in [1.165, 1.54) is 7.11 Å². The van der Waals surface area contributed by atoms with Gasteiger partial charge in [-0.25, -0.2) is 0 Å². The van der Waals surface area contributed by atoms with Gasteiger partial charge in [-0.2, -0.15) is 0 Å². The molecule has 0 unspecified atom stereocenters. The average molecular weight is 414 g/mol. The minimum absolute atomic E-state index is 0.142. The van der Waals surface area contributed by atoms with Crippen molar-refractivity contribution in [2.24, 2.45) is 0 Å². The highest BCUT2D eigenvalue weighted by molar-refractivity contribution is 9.10. The lowest BCUT2D eigenvalue weighted by Gasteiger charge is -2.26. The molecule has 6 nitrogen and oxygen atoms in total. The SMILES string of the molecule is COc1c(C(=O)N[C@H]2CCOc3ccccc32)nnc2c(Br)cccc12. The van der Waals surface area contributed by atoms with Crippen molar-refractivity contribution >= 4 is 32.7 Å². The minimum Gasteiger partial charge on any atom is -0.493 e. The molecule has 1 N–H and O–H groups in total. The third-order valence-corrected chi connectivity index (χ3v) is 5.02. The number of hydrogen-bond acceptors (Lipinski definition) is 5. The summed E-state index contributed by atoms with van der Waals surface area (Å²) in [6, 6.07) is 13.2. The number of carbonyl (C=O) groups is 1. The summed E-state index contributed by atoms with van der Waals surface area (Å²) in [4.78, 5) is 12.9. The highest BCUT2D eigenvalue weighted by Crippen LogP contribution is 2.33. The predicted octanol–water partition coefficient (Wildman–Crippen LogP) is 3.65. The first-order valence-corrected chi connectivity index (χ1v) is 9.00. The second kappa shape index (κ2) is 6.92. The number of hydrogen-bond donors (Lipinski definition) is 1. The van der Waals surface area contributed by atoms with E-state index in [0.717, 1.165) is 21.2 Å². The van der Waals surface area contributed by atoms with Crippen LogP contribution in [0.1, 0.15) is 28.5 Å². The van der Waals surface area contributed by atoms with Crippen molar-refractivity contribution in [3.63, 3.8) is 0 Å². The summed E-state index contributed by atoms with van der Waals surface area (Å²) < 4.78 is 11.9. The van der Waals surface area contributed by atoms with Crippen LogP contribution in [0.4, 0.5) is 0 Å². The minimum atomic E-state index is -0.321. The maximum absolute atomic E-state index is 12.9. The van der Waals surface area contributed by atoms with Crippen molar-refractivity contribution in [2.75, 3.05) is 13.7 Å². The highest BCUT2D eigenvalue weighted by atomic mass is 79.9. The first-order valence-electron chi connectivity index (χ1n) is 8.20. The summed E-state index contributed by atoms with van der Waals surface area (Å²) in [5, 5.41) is 12.1. The van der Waals surface area contributed by atoms with E-state index in [4.69, 9.17) is 9.47 Å². The number of methoxy groups -OCH3 is 1. The van der Waals surface area contributed by atoms with Crippen LogP contribution in [0.15, 0.2) is 46.9 Å². The zero-order valence-electron chi connectivity index (χ0n) is 14.0. The third kappa shape index (κ3) is 2.88. The van der Waals surface area contributed by atoms with Gasteiger partial charge in [-0.15, -0.1) is 10.2 Å². The van der Waals surface area contributed by atoms with Crippen LogP contribution in [0.25, 0.3) is 10.9 Å². The van der Waals surface area contributed by atoms with Crippen molar-refractivity contribution in [1.29, 1.82) is 0 Å². The number of fused-ring (bicyclic) bond motifs is 2. The molecule has 0 spiro atoms. The number of nitrogens with zero attached hydrogens (tertiary/aromatic N) is 2. The van der Waals surface area contributed by atoms with E-state index in [9.17, 15) is 4.79 Å².